The quantitative estimate of drug-likeness (QED) is 0.312. The molecular weight excluding hydrogens is 523 g/mol. The fraction of sp³-hybridized carbons (Fsp3) is 0.333. The molecule has 5 aromatic rings. The molecule has 206 valence electrons. The number of imidazole rings is 1. The standard InChI is InChI=1S/C27H26F3N9O/c1-15-22(26(40-4)33-14-32-15)24-31-10-20-23(35-24)19(36-38(20)3)9-16-5-7-17(8-6-16)25-34-21(27(28,29)30)13-39(25)18-11-37(2)12-18/h5-8,10,13-14,18H,9,11-12H2,1-4H3. The van der Waals surface area contributed by atoms with E-state index in [9.17, 15) is 13.2 Å². The lowest BCUT2D eigenvalue weighted by molar-refractivity contribution is -0.141. The summed E-state index contributed by atoms with van der Waals surface area (Å²) >= 11 is 0. The van der Waals surface area contributed by atoms with Crippen LogP contribution < -0.4 is 4.74 Å². The van der Waals surface area contributed by atoms with Crippen molar-refractivity contribution in [3.63, 3.8) is 0 Å². The normalized spacial score (nSPS) is 14.6. The van der Waals surface area contributed by atoms with Gasteiger partial charge in [0.2, 0.25) is 5.88 Å². The molecule has 1 aromatic carbocycles. The van der Waals surface area contributed by atoms with Gasteiger partial charge in [0.05, 0.1) is 30.7 Å². The molecule has 1 aliphatic heterocycles. The number of methoxy groups -OCH3 is 1. The number of hydrogen-bond donors (Lipinski definition) is 0. The molecule has 4 aromatic heterocycles. The van der Waals surface area contributed by atoms with Crippen LogP contribution in [0.1, 0.15) is 28.7 Å². The summed E-state index contributed by atoms with van der Waals surface area (Å²) in [6.07, 6.45) is 0.206. The number of likely N-dealkylation sites (N-methyl/N-ethyl adjacent to an activating group) is 1. The van der Waals surface area contributed by atoms with Crippen molar-refractivity contribution in [1.29, 1.82) is 0 Å². The van der Waals surface area contributed by atoms with Gasteiger partial charge in [-0.3, -0.25) is 4.68 Å². The van der Waals surface area contributed by atoms with Crippen LogP contribution >= 0.6 is 0 Å². The lowest BCUT2D eigenvalue weighted by Gasteiger charge is -2.37. The topological polar surface area (TPSA) is 99.7 Å². The molecule has 0 unspecified atom stereocenters. The summed E-state index contributed by atoms with van der Waals surface area (Å²) in [4.78, 5) is 23.8. The molecule has 5 heterocycles. The molecule has 0 aliphatic carbocycles. The SMILES string of the molecule is COc1ncnc(C)c1-c1ncc2c(n1)c(Cc1ccc(-c3nc(C(F)(F)F)cn3C3CN(C)C3)cc1)nn2C. The lowest BCUT2D eigenvalue weighted by Crippen LogP contribution is -2.44. The van der Waals surface area contributed by atoms with Crippen molar-refractivity contribution in [1.82, 2.24) is 44.2 Å². The van der Waals surface area contributed by atoms with Crippen LogP contribution in [-0.4, -0.2) is 71.4 Å². The van der Waals surface area contributed by atoms with E-state index in [0.29, 0.717) is 59.4 Å². The zero-order chi connectivity index (χ0) is 28.2. The Morgan fingerprint density at radius 2 is 1.77 bits per heavy atom. The Hall–Kier alpha value is -4.39. The van der Waals surface area contributed by atoms with Gasteiger partial charge in [0.25, 0.3) is 0 Å². The fourth-order valence-corrected chi connectivity index (χ4v) is 5.04. The van der Waals surface area contributed by atoms with Crippen molar-refractivity contribution in [2.24, 2.45) is 7.05 Å². The van der Waals surface area contributed by atoms with Gasteiger partial charge in [-0.15, -0.1) is 0 Å². The summed E-state index contributed by atoms with van der Waals surface area (Å²) in [5, 5.41) is 4.66. The number of halogens is 3. The summed E-state index contributed by atoms with van der Waals surface area (Å²) in [5.41, 5.74) is 4.14. The Morgan fingerprint density at radius 1 is 1.02 bits per heavy atom. The summed E-state index contributed by atoms with van der Waals surface area (Å²) < 4.78 is 49.2. The highest BCUT2D eigenvalue weighted by atomic mass is 19.4. The Bertz CT molecular complexity index is 1700. The fourth-order valence-electron chi connectivity index (χ4n) is 5.04. The summed E-state index contributed by atoms with van der Waals surface area (Å²) in [7, 11) is 5.29. The van der Waals surface area contributed by atoms with Gasteiger partial charge in [-0.1, -0.05) is 24.3 Å². The summed E-state index contributed by atoms with van der Waals surface area (Å²) in [5.74, 6) is 1.13. The van der Waals surface area contributed by atoms with Gasteiger partial charge in [0.1, 0.15) is 28.7 Å². The lowest BCUT2D eigenvalue weighted by atomic mass is 10.1. The highest BCUT2D eigenvalue weighted by molar-refractivity contribution is 5.80. The molecule has 0 radical (unpaired) electrons. The molecule has 1 aliphatic rings. The largest absolute Gasteiger partial charge is 0.480 e. The Kier molecular flexibility index (Phi) is 6.25. The maximum absolute atomic E-state index is 13.5. The third-order valence-electron chi connectivity index (χ3n) is 7.13. The molecule has 40 heavy (non-hydrogen) atoms. The number of aryl methyl sites for hydroxylation is 2. The highest BCUT2D eigenvalue weighted by Gasteiger charge is 2.37. The van der Waals surface area contributed by atoms with Crippen molar-refractivity contribution in [3.05, 3.63) is 65.6 Å². The van der Waals surface area contributed by atoms with Crippen LogP contribution in [0.4, 0.5) is 13.2 Å². The minimum atomic E-state index is -4.51. The number of benzene rings is 1. The molecule has 0 N–H and O–H groups in total. The summed E-state index contributed by atoms with van der Waals surface area (Å²) in [6.45, 7) is 3.19. The van der Waals surface area contributed by atoms with E-state index in [1.807, 2.05) is 33.2 Å². The second-order valence-corrected chi connectivity index (χ2v) is 9.94. The zero-order valence-corrected chi connectivity index (χ0v) is 22.3. The number of nitrogens with zero attached hydrogens (tertiary/aromatic N) is 9. The van der Waals surface area contributed by atoms with E-state index in [1.54, 1.807) is 27.6 Å². The van der Waals surface area contributed by atoms with Gasteiger partial charge in [-0.2, -0.15) is 18.3 Å². The van der Waals surface area contributed by atoms with Gasteiger partial charge in [-0.25, -0.2) is 24.9 Å². The molecule has 0 spiro atoms. The highest BCUT2D eigenvalue weighted by Crippen LogP contribution is 2.35. The molecular formula is C27H26F3N9O. The second-order valence-electron chi connectivity index (χ2n) is 9.94. The van der Waals surface area contributed by atoms with Crippen molar-refractivity contribution >= 4 is 11.0 Å². The van der Waals surface area contributed by atoms with Gasteiger partial charge in [-0.05, 0) is 19.5 Å². The van der Waals surface area contributed by atoms with Crippen LogP contribution in [0.3, 0.4) is 0 Å². The van der Waals surface area contributed by atoms with Crippen LogP contribution in [0.5, 0.6) is 5.88 Å². The number of hydrogen-bond acceptors (Lipinski definition) is 8. The number of rotatable bonds is 6. The first-order chi connectivity index (χ1) is 19.1. The Balaban J connectivity index is 1.32. The minimum Gasteiger partial charge on any atom is -0.480 e. The molecule has 0 atom stereocenters. The van der Waals surface area contributed by atoms with Gasteiger partial charge in [0, 0.05) is 38.3 Å². The minimum absolute atomic E-state index is 0.0469. The molecule has 6 rings (SSSR count). The smallest absolute Gasteiger partial charge is 0.434 e. The van der Waals surface area contributed by atoms with E-state index < -0.39 is 11.9 Å². The van der Waals surface area contributed by atoms with E-state index >= 15 is 0 Å². The van der Waals surface area contributed by atoms with Crippen LogP contribution in [-0.2, 0) is 19.6 Å². The molecule has 10 nitrogen and oxygen atoms in total. The number of aromatic nitrogens is 8. The van der Waals surface area contributed by atoms with E-state index in [0.717, 1.165) is 23.0 Å². The van der Waals surface area contributed by atoms with Crippen LogP contribution in [0.2, 0.25) is 0 Å². The molecule has 1 saturated heterocycles. The molecule has 1 fully saturated rings. The van der Waals surface area contributed by atoms with E-state index in [4.69, 9.17) is 9.72 Å². The molecule has 0 bridgehead atoms. The van der Waals surface area contributed by atoms with Gasteiger partial charge < -0.3 is 14.2 Å². The second kappa shape index (κ2) is 9.66. The van der Waals surface area contributed by atoms with Gasteiger partial charge in [0.15, 0.2) is 11.5 Å². The molecule has 0 saturated carbocycles. The van der Waals surface area contributed by atoms with E-state index in [2.05, 4.69) is 29.9 Å². The zero-order valence-electron chi connectivity index (χ0n) is 22.3. The van der Waals surface area contributed by atoms with E-state index in [1.165, 1.54) is 13.4 Å². The monoisotopic (exact) mass is 549 g/mol. The maximum Gasteiger partial charge on any atom is 0.434 e. The van der Waals surface area contributed by atoms with Crippen molar-refractivity contribution in [3.8, 4) is 28.7 Å². The van der Waals surface area contributed by atoms with Crippen LogP contribution in [0.25, 0.3) is 33.8 Å². The first kappa shape index (κ1) is 25.9. The van der Waals surface area contributed by atoms with Crippen molar-refractivity contribution in [2.45, 2.75) is 25.6 Å². The Labute approximate surface area is 227 Å². The first-order valence-corrected chi connectivity index (χ1v) is 12.6. The van der Waals surface area contributed by atoms with Crippen LogP contribution in [0.15, 0.2) is 43.0 Å². The van der Waals surface area contributed by atoms with Gasteiger partial charge >= 0.3 is 6.18 Å². The van der Waals surface area contributed by atoms with Crippen molar-refractivity contribution in [2.75, 3.05) is 27.2 Å². The third-order valence-corrected chi connectivity index (χ3v) is 7.13. The third kappa shape index (κ3) is 4.55. The predicted octanol–water partition coefficient (Wildman–Crippen LogP) is 4.10. The summed E-state index contributed by atoms with van der Waals surface area (Å²) in [6, 6.07) is 7.33. The average Bonchev–Trinajstić information content (AvgIpc) is 3.48. The molecule has 13 heteroatoms. The number of likely N-dealkylation sites (tertiary alicyclic amines) is 1. The number of fused-ring (bicyclic) bond motifs is 1. The van der Waals surface area contributed by atoms with E-state index in [-0.39, 0.29) is 6.04 Å². The first-order valence-electron chi connectivity index (χ1n) is 12.6. The molecule has 0 amide bonds. The Morgan fingerprint density at radius 3 is 2.45 bits per heavy atom. The van der Waals surface area contributed by atoms with Crippen LogP contribution in [0, 0.1) is 6.92 Å². The maximum atomic E-state index is 13.5. The number of alkyl halides is 3. The average molecular weight is 550 g/mol. The number of ether oxygens (including phenoxy) is 1. The van der Waals surface area contributed by atoms with Crippen molar-refractivity contribution < 1.29 is 17.9 Å². The predicted molar refractivity (Wildman–Crippen MR) is 141 cm³/mol.